The van der Waals surface area contributed by atoms with Crippen LogP contribution in [0.4, 0.5) is 5.69 Å². The number of amides is 1. The second kappa shape index (κ2) is 10.7. The number of methoxy groups -OCH3 is 1. The molecule has 1 aromatic heterocycles. The number of hydrogen-bond acceptors (Lipinski definition) is 7. The lowest BCUT2D eigenvalue weighted by Crippen LogP contribution is -2.30. The molecule has 182 valence electrons. The first kappa shape index (κ1) is 25.3. The van der Waals surface area contributed by atoms with E-state index in [4.69, 9.17) is 14.0 Å². The van der Waals surface area contributed by atoms with Gasteiger partial charge in [-0.2, -0.15) is 4.31 Å². The van der Waals surface area contributed by atoms with Crippen LogP contribution in [-0.4, -0.2) is 44.0 Å². The molecule has 0 radical (unpaired) electrons. The lowest BCUT2D eigenvalue weighted by atomic mass is 10.2. The van der Waals surface area contributed by atoms with Gasteiger partial charge in [-0.15, -0.1) is 0 Å². The summed E-state index contributed by atoms with van der Waals surface area (Å²) in [5, 5.41) is 6.66. The number of benzene rings is 2. The predicted molar refractivity (Wildman–Crippen MR) is 128 cm³/mol. The molecule has 0 unspecified atom stereocenters. The van der Waals surface area contributed by atoms with Gasteiger partial charge in [0.1, 0.15) is 23.9 Å². The Kier molecular flexibility index (Phi) is 7.95. The third kappa shape index (κ3) is 5.40. The van der Waals surface area contributed by atoms with Crippen molar-refractivity contribution >= 4 is 21.6 Å². The van der Waals surface area contributed by atoms with E-state index in [0.717, 1.165) is 11.3 Å². The van der Waals surface area contributed by atoms with Gasteiger partial charge in [-0.1, -0.05) is 25.1 Å². The molecule has 34 heavy (non-hydrogen) atoms. The molecule has 1 heterocycles. The van der Waals surface area contributed by atoms with Crippen LogP contribution >= 0.6 is 0 Å². The summed E-state index contributed by atoms with van der Waals surface area (Å²) < 4.78 is 43.5. The number of aryl methyl sites for hydroxylation is 2. The fraction of sp³-hybridized carbons (Fsp3) is 0.333. The third-order valence-corrected chi connectivity index (χ3v) is 7.47. The Morgan fingerprint density at radius 2 is 1.85 bits per heavy atom. The van der Waals surface area contributed by atoms with Crippen molar-refractivity contribution in [3.8, 4) is 11.5 Å². The maximum absolute atomic E-state index is 13.0. The summed E-state index contributed by atoms with van der Waals surface area (Å²) in [6.45, 7) is 8.12. The number of carbonyl (C=O) groups is 1. The van der Waals surface area contributed by atoms with Crippen molar-refractivity contribution in [2.45, 2.75) is 39.2 Å². The Hall–Kier alpha value is -3.37. The zero-order chi connectivity index (χ0) is 24.9. The maximum Gasteiger partial charge on any atom is 0.255 e. The Balaban J connectivity index is 1.82. The summed E-state index contributed by atoms with van der Waals surface area (Å²) in [5.74, 6) is 1.09. The number of rotatable bonds is 10. The highest BCUT2D eigenvalue weighted by molar-refractivity contribution is 7.89. The van der Waals surface area contributed by atoms with E-state index >= 15 is 0 Å². The molecule has 0 aliphatic heterocycles. The first-order valence-electron chi connectivity index (χ1n) is 10.8. The molecule has 0 bridgehead atoms. The first-order valence-corrected chi connectivity index (χ1v) is 12.3. The molecule has 1 amide bonds. The average Bonchev–Trinajstić information content (AvgIpc) is 3.15. The van der Waals surface area contributed by atoms with Crippen LogP contribution in [0.5, 0.6) is 11.5 Å². The lowest BCUT2D eigenvalue weighted by Gasteiger charge is -2.19. The average molecular weight is 488 g/mol. The highest BCUT2D eigenvalue weighted by Gasteiger charge is 2.23. The van der Waals surface area contributed by atoms with Crippen LogP contribution in [0.15, 0.2) is 51.9 Å². The van der Waals surface area contributed by atoms with E-state index < -0.39 is 15.9 Å². The van der Waals surface area contributed by atoms with Crippen LogP contribution in [-0.2, 0) is 16.6 Å². The normalized spacial score (nSPS) is 11.5. The van der Waals surface area contributed by atoms with Crippen molar-refractivity contribution in [3.63, 3.8) is 0 Å². The van der Waals surface area contributed by atoms with Crippen molar-refractivity contribution in [2.75, 3.05) is 25.5 Å². The van der Waals surface area contributed by atoms with E-state index in [1.165, 1.54) is 29.6 Å². The number of hydrogen-bond donors (Lipinski definition) is 1. The standard InChI is InChI=1S/C24H29N3O6S/c1-6-27(7-2)34(29,30)20-11-12-23(31-5)22(14-20)25-24(28)18-9-8-10-19(13-18)32-15-21-16(3)26-33-17(21)4/h8-14H,6-7,15H2,1-5H3,(H,25,28). The molecule has 1 N–H and O–H groups in total. The second-order valence-electron chi connectivity index (χ2n) is 7.52. The fourth-order valence-electron chi connectivity index (χ4n) is 3.44. The minimum Gasteiger partial charge on any atom is -0.495 e. The Bertz CT molecular complexity index is 1250. The van der Waals surface area contributed by atoms with Crippen LogP contribution in [0.2, 0.25) is 0 Å². The first-order chi connectivity index (χ1) is 16.2. The minimum atomic E-state index is -3.70. The molecule has 0 fully saturated rings. The van der Waals surface area contributed by atoms with E-state index in [1.807, 2.05) is 13.8 Å². The summed E-state index contributed by atoms with van der Waals surface area (Å²) in [6.07, 6.45) is 0. The highest BCUT2D eigenvalue weighted by Crippen LogP contribution is 2.30. The molecule has 2 aromatic carbocycles. The molecule has 10 heteroatoms. The summed E-state index contributed by atoms with van der Waals surface area (Å²) in [5.41, 5.74) is 2.20. The van der Waals surface area contributed by atoms with E-state index in [1.54, 1.807) is 38.1 Å². The van der Waals surface area contributed by atoms with Crippen molar-refractivity contribution in [1.29, 1.82) is 0 Å². The van der Waals surface area contributed by atoms with E-state index in [2.05, 4.69) is 10.5 Å². The SMILES string of the molecule is CCN(CC)S(=O)(=O)c1ccc(OC)c(NC(=O)c2cccc(OCc3c(C)noc3C)c2)c1. The Morgan fingerprint density at radius 1 is 1.12 bits per heavy atom. The number of ether oxygens (including phenoxy) is 2. The number of carbonyl (C=O) groups excluding carboxylic acids is 1. The van der Waals surface area contributed by atoms with Crippen molar-refractivity contribution < 1.29 is 27.2 Å². The van der Waals surface area contributed by atoms with E-state index in [-0.39, 0.29) is 17.2 Å². The van der Waals surface area contributed by atoms with Crippen LogP contribution in [0.1, 0.15) is 41.2 Å². The monoisotopic (exact) mass is 487 g/mol. The molecule has 0 atom stereocenters. The smallest absolute Gasteiger partial charge is 0.255 e. The van der Waals surface area contributed by atoms with Crippen LogP contribution < -0.4 is 14.8 Å². The number of anilines is 1. The molecule has 0 aliphatic carbocycles. The van der Waals surface area contributed by atoms with Gasteiger partial charge in [0.05, 0.1) is 29.0 Å². The molecule has 3 rings (SSSR count). The summed E-state index contributed by atoms with van der Waals surface area (Å²) in [7, 11) is -2.25. The summed E-state index contributed by atoms with van der Waals surface area (Å²) in [6, 6.07) is 11.1. The zero-order valence-electron chi connectivity index (χ0n) is 19.9. The predicted octanol–water partition coefficient (Wildman–Crippen LogP) is 4.16. The molecule has 0 saturated heterocycles. The number of nitrogens with one attached hydrogen (secondary N) is 1. The zero-order valence-corrected chi connectivity index (χ0v) is 20.7. The molecule has 0 spiro atoms. The maximum atomic E-state index is 13.0. The van der Waals surface area contributed by atoms with Gasteiger partial charge in [-0.3, -0.25) is 4.79 Å². The second-order valence-corrected chi connectivity index (χ2v) is 9.46. The van der Waals surface area contributed by atoms with Gasteiger partial charge in [0.2, 0.25) is 10.0 Å². The topological polar surface area (TPSA) is 111 Å². The Morgan fingerprint density at radius 3 is 2.47 bits per heavy atom. The van der Waals surface area contributed by atoms with Gasteiger partial charge in [0, 0.05) is 18.7 Å². The molecule has 3 aromatic rings. The fourth-order valence-corrected chi connectivity index (χ4v) is 4.93. The number of nitrogens with zero attached hydrogens (tertiary/aromatic N) is 2. The van der Waals surface area contributed by atoms with E-state index in [0.29, 0.717) is 35.9 Å². The van der Waals surface area contributed by atoms with Gasteiger partial charge < -0.3 is 19.3 Å². The summed E-state index contributed by atoms with van der Waals surface area (Å²) in [4.78, 5) is 13.0. The molecule has 0 aliphatic rings. The number of aromatic nitrogens is 1. The molecule has 9 nitrogen and oxygen atoms in total. The minimum absolute atomic E-state index is 0.0730. The molecule has 0 saturated carbocycles. The quantitative estimate of drug-likeness (QED) is 0.457. The van der Waals surface area contributed by atoms with Crippen LogP contribution in [0.25, 0.3) is 0 Å². The van der Waals surface area contributed by atoms with Gasteiger partial charge in [-0.05, 0) is 50.2 Å². The van der Waals surface area contributed by atoms with E-state index in [9.17, 15) is 13.2 Å². The molecular weight excluding hydrogens is 458 g/mol. The largest absolute Gasteiger partial charge is 0.495 e. The van der Waals surface area contributed by atoms with Gasteiger partial charge in [0.15, 0.2) is 0 Å². The summed E-state index contributed by atoms with van der Waals surface area (Å²) >= 11 is 0. The van der Waals surface area contributed by atoms with Gasteiger partial charge in [0.25, 0.3) is 5.91 Å². The van der Waals surface area contributed by atoms with Crippen molar-refractivity contribution in [1.82, 2.24) is 9.46 Å². The Labute approximate surface area is 199 Å². The lowest BCUT2D eigenvalue weighted by molar-refractivity contribution is 0.102. The van der Waals surface area contributed by atoms with Gasteiger partial charge >= 0.3 is 0 Å². The van der Waals surface area contributed by atoms with Crippen molar-refractivity contribution in [3.05, 3.63) is 65.0 Å². The third-order valence-electron chi connectivity index (χ3n) is 5.42. The van der Waals surface area contributed by atoms with Gasteiger partial charge in [-0.25, -0.2) is 8.42 Å². The van der Waals surface area contributed by atoms with Crippen LogP contribution in [0, 0.1) is 13.8 Å². The van der Waals surface area contributed by atoms with Crippen LogP contribution in [0.3, 0.4) is 0 Å². The van der Waals surface area contributed by atoms with Crippen molar-refractivity contribution in [2.24, 2.45) is 0 Å². The number of sulfonamides is 1. The molecular formula is C24H29N3O6S. The highest BCUT2D eigenvalue weighted by atomic mass is 32.2.